The zero-order valence-corrected chi connectivity index (χ0v) is 19.5. The molecule has 11 heteroatoms. The van der Waals surface area contributed by atoms with Crippen LogP contribution in [0.1, 0.15) is 31.7 Å². The molecule has 2 fully saturated rings. The molecule has 1 aliphatic heterocycles. The molecule has 3 aromatic rings. The SMILES string of the molecule is N#CC[C@@H](C1CC1)n1nc(Nc2ccc(S(=O)(=O)N3CCC3)cc2)c2c(=O)[nH]cc(Br)c21. The van der Waals surface area contributed by atoms with E-state index in [1.807, 2.05) is 0 Å². The van der Waals surface area contributed by atoms with E-state index >= 15 is 0 Å². The third kappa shape index (κ3) is 3.62. The van der Waals surface area contributed by atoms with Crippen LogP contribution in [0.5, 0.6) is 0 Å². The van der Waals surface area contributed by atoms with E-state index in [9.17, 15) is 18.5 Å². The smallest absolute Gasteiger partial charge is 0.261 e. The molecule has 0 unspecified atom stereocenters. The van der Waals surface area contributed by atoms with Gasteiger partial charge in [-0.3, -0.25) is 9.48 Å². The summed E-state index contributed by atoms with van der Waals surface area (Å²) in [6, 6.07) is 8.57. The fourth-order valence-corrected chi connectivity index (χ4v) is 6.04. The molecule has 2 aliphatic rings. The van der Waals surface area contributed by atoms with Gasteiger partial charge in [-0.15, -0.1) is 0 Å². The van der Waals surface area contributed by atoms with Crippen molar-refractivity contribution in [3.05, 3.63) is 45.3 Å². The van der Waals surface area contributed by atoms with Crippen molar-refractivity contribution in [2.45, 2.75) is 36.6 Å². The lowest BCUT2D eigenvalue weighted by Crippen LogP contribution is -2.41. The molecule has 5 rings (SSSR count). The molecule has 0 radical (unpaired) electrons. The molecule has 1 aromatic carbocycles. The second kappa shape index (κ2) is 8.03. The summed E-state index contributed by atoms with van der Waals surface area (Å²) in [5.41, 5.74) is 0.961. The lowest BCUT2D eigenvalue weighted by molar-refractivity contribution is 0.309. The Hall–Kier alpha value is -2.68. The summed E-state index contributed by atoms with van der Waals surface area (Å²) >= 11 is 3.51. The molecule has 9 nitrogen and oxygen atoms in total. The second-order valence-corrected chi connectivity index (χ2v) is 10.9. The normalized spacial score (nSPS) is 17.6. The Labute approximate surface area is 193 Å². The molecule has 0 bridgehead atoms. The number of nitrogens with one attached hydrogen (secondary N) is 2. The molecular formula is C21H21BrN6O3S. The van der Waals surface area contributed by atoms with Crippen molar-refractivity contribution in [2.75, 3.05) is 18.4 Å². The first-order valence-electron chi connectivity index (χ1n) is 10.4. The van der Waals surface area contributed by atoms with Crippen LogP contribution in [-0.4, -0.2) is 40.6 Å². The van der Waals surface area contributed by atoms with E-state index in [-0.39, 0.29) is 16.5 Å². The Kier molecular flexibility index (Phi) is 5.31. The van der Waals surface area contributed by atoms with Crippen LogP contribution in [0.15, 0.2) is 44.6 Å². The maximum Gasteiger partial charge on any atom is 0.261 e. The first-order valence-corrected chi connectivity index (χ1v) is 12.7. The third-order valence-electron chi connectivity index (χ3n) is 6.04. The van der Waals surface area contributed by atoms with E-state index in [0.717, 1.165) is 19.3 Å². The van der Waals surface area contributed by atoms with Crippen LogP contribution in [0.2, 0.25) is 0 Å². The highest BCUT2D eigenvalue weighted by molar-refractivity contribution is 9.10. The minimum atomic E-state index is -3.46. The van der Waals surface area contributed by atoms with Crippen molar-refractivity contribution in [3.63, 3.8) is 0 Å². The van der Waals surface area contributed by atoms with Gasteiger partial charge in [-0.2, -0.15) is 14.7 Å². The van der Waals surface area contributed by atoms with E-state index in [1.165, 1.54) is 4.31 Å². The van der Waals surface area contributed by atoms with Crippen molar-refractivity contribution in [1.82, 2.24) is 19.1 Å². The van der Waals surface area contributed by atoms with Gasteiger partial charge in [0.2, 0.25) is 10.0 Å². The van der Waals surface area contributed by atoms with Gasteiger partial charge in [0, 0.05) is 25.0 Å². The largest absolute Gasteiger partial charge is 0.338 e. The van der Waals surface area contributed by atoms with E-state index in [2.05, 4.69) is 37.4 Å². The summed E-state index contributed by atoms with van der Waals surface area (Å²) in [5.74, 6) is 0.729. The predicted octanol–water partition coefficient (Wildman–Crippen LogP) is 3.49. The highest BCUT2D eigenvalue weighted by atomic mass is 79.9. The number of nitrogens with zero attached hydrogens (tertiary/aromatic N) is 4. The number of rotatable bonds is 7. The van der Waals surface area contributed by atoms with E-state index in [1.54, 1.807) is 35.1 Å². The Balaban J connectivity index is 1.53. The fourth-order valence-electron chi connectivity index (χ4n) is 4.03. The number of benzene rings is 1. The van der Waals surface area contributed by atoms with Crippen LogP contribution in [0.4, 0.5) is 11.5 Å². The van der Waals surface area contributed by atoms with E-state index < -0.39 is 10.0 Å². The van der Waals surface area contributed by atoms with Crippen molar-refractivity contribution in [3.8, 4) is 6.07 Å². The number of hydrogen-bond acceptors (Lipinski definition) is 6. The van der Waals surface area contributed by atoms with E-state index in [4.69, 9.17) is 0 Å². The van der Waals surface area contributed by atoms with E-state index in [0.29, 0.717) is 52.3 Å². The number of halogens is 1. The quantitative estimate of drug-likeness (QED) is 0.495. The number of hydrogen-bond donors (Lipinski definition) is 2. The Morgan fingerprint density at radius 1 is 1.28 bits per heavy atom. The first kappa shape index (κ1) is 21.2. The van der Waals surface area contributed by atoms with Gasteiger partial charge in [0.05, 0.1) is 33.4 Å². The van der Waals surface area contributed by atoms with Gasteiger partial charge in [0.15, 0.2) is 5.82 Å². The minimum absolute atomic E-state index is 0.111. The third-order valence-corrected chi connectivity index (χ3v) is 8.56. The summed E-state index contributed by atoms with van der Waals surface area (Å²) in [6.45, 7) is 1.10. The number of H-pyrrole nitrogens is 1. The number of anilines is 2. The predicted molar refractivity (Wildman–Crippen MR) is 123 cm³/mol. The lowest BCUT2D eigenvalue weighted by atomic mass is 10.1. The molecule has 2 aromatic heterocycles. The highest BCUT2D eigenvalue weighted by Crippen LogP contribution is 2.43. The molecule has 1 atom stereocenters. The summed E-state index contributed by atoms with van der Waals surface area (Å²) in [4.78, 5) is 15.6. The number of fused-ring (bicyclic) bond motifs is 1. The monoisotopic (exact) mass is 516 g/mol. The van der Waals surface area contributed by atoms with Crippen LogP contribution in [0.25, 0.3) is 10.9 Å². The summed E-state index contributed by atoms with van der Waals surface area (Å²) < 4.78 is 29.0. The average molecular weight is 517 g/mol. The van der Waals surface area contributed by atoms with Crippen molar-refractivity contribution in [1.29, 1.82) is 5.26 Å². The van der Waals surface area contributed by atoms with Gasteiger partial charge in [0.1, 0.15) is 5.39 Å². The molecule has 0 amide bonds. The molecule has 1 aliphatic carbocycles. The number of aromatic amines is 1. The highest BCUT2D eigenvalue weighted by Gasteiger charge is 2.35. The van der Waals surface area contributed by atoms with Gasteiger partial charge in [-0.1, -0.05) is 0 Å². The minimum Gasteiger partial charge on any atom is -0.338 e. The molecule has 32 heavy (non-hydrogen) atoms. The van der Waals surface area contributed by atoms with Crippen molar-refractivity contribution in [2.24, 2.45) is 5.92 Å². The van der Waals surface area contributed by atoms with Crippen LogP contribution in [0, 0.1) is 17.2 Å². The summed E-state index contributed by atoms with van der Waals surface area (Å²) in [6.07, 6.45) is 4.84. The molecule has 166 valence electrons. The fraction of sp³-hybridized carbons (Fsp3) is 0.381. The number of pyridine rings is 1. The summed E-state index contributed by atoms with van der Waals surface area (Å²) in [5, 5.41) is 17.6. The maximum atomic E-state index is 12.7. The number of nitriles is 1. The molecule has 3 heterocycles. The molecule has 2 N–H and O–H groups in total. The Bertz CT molecular complexity index is 1380. The Morgan fingerprint density at radius 2 is 2.00 bits per heavy atom. The molecule has 1 saturated heterocycles. The number of aromatic nitrogens is 3. The first-order chi connectivity index (χ1) is 15.4. The van der Waals surface area contributed by atoms with Gasteiger partial charge in [-0.05, 0) is 65.4 Å². The van der Waals surface area contributed by atoms with Crippen LogP contribution in [-0.2, 0) is 10.0 Å². The Morgan fingerprint density at radius 3 is 2.59 bits per heavy atom. The standard InChI is InChI=1S/C21H21BrN6O3S/c22-16-12-24-21(29)18-19(16)28(17(8-9-23)13-2-3-13)26-20(18)25-14-4-6-15(7-5-14)32(30,31)27-10-1-11-27/h4-7,12-13,17H,1-3,8,10-11H2,(H,24,29)(H,25,26)/t17-/m0/s1. The molecule has 0 spiro atoms. The average Bonchev–Trinajstić information content (AvgIpc) is 3.49. The van der Waals surface area contributed by atoms with Gasteiger partial charge >= 0.3 is 0 Å². The van der Waals surface area contributed by atoms with Gasteiger partial charge < -0.3 is 10.3 Å². The number of sulfonamides is 1. The van der Waals surface area contributed by atoms with Crippen LogP contribution >= 0.6 is 15.9 Å². The maximum absolute atomic E-state index is 12.7. The molecule has 1 saturated carbocycles. The van der Waals surface area contributed by atoms with Crippen molar-refractivity contribution < 1.29 is 8.42 Å². The summed E-state index contributed by atoms with van der Waals surface area (Å²) in [7, 11) is -3.46. The van der Waals surface area contributed by atoms with Crippen molar-refractivity contribution >= 4 is 48.4 Å². The van der Waals surface area contributed by atoms with Crippen LogP contribution < -0.4 is 10.9 Å². The van der Waals surface area contributed by atoms with Crippen LogP contribution in [0.3, 0.4) is 0 Å². The van der Waals surface area contributed by atoms with Gasteiger partial charge in [0.25, 0.3) is 5.56 Å². The topological polar surface area (TPSA) is 124 Å². The molecular weight excluding hydrogens is 496 g/mol. The zero-order chi connectivity index (χ0) is 22.5. The second-order valence-electron chi connectivity index (χ2n) is 8.16. The zero-order valence-electron chi connectivity index (χ0n) is 17.1. The lowest BCUT2D eigenvalue weighted by Gasteiger charge is -2.29. The van der Waals surface area contributed by atoms with Gasteiger partial charge in [-0.25, -0.2) is 8.42 Å².